The predicted molar refractivity (Wildman–Crippen MR) is 95.1 cm³/mol. The van der Waals surface area contributed by atoms with E-state index in [9.17, 15) is 19.2 Å². The summed E-state index contributed by atoms with van der Waals surface area (Å²) in [5.41, 5.74) is -0.540. The molecule has 1 aromatic carbocycles. The van der Waals surface area contributed by atoms with E-state index in [4.69, 9.17) is 16.3 Å². The number of esters is 1. The zero-order chi connectivity index (χ0) is 19.4. The first-order chi connectivity index (χ1) is 12.2. The molecule has 26 heavy (non-hydrogen) atoms. The average molecular weight is 380 g/mol. The van der Waals surface area contributed by atoms with Crippen molar-refractivity contribution in [2.75, 3.05) is 0 Å². The molecule has 1 N–H and O–H groups in total. The van der Waals surface area contributed by atoms with Gasteiger partial charge in [-0.2, -0.15) is 0 Å². The zero-order valence-corrected chi connectivity index (χ0v) is 15.2. The summed E-state index contributed by atoms with van der Waals surface area (Å²) in [6.45, 7) is 1.19. The molecule has 2 aromatic rings. The highest BCUT2D eigenvalue weighted by Gasteiger charge is 2.20. The maximum absolute atomic E-state index is 12.1. The molecule has 0 saturated heterocycles. The monoisotopic (exact) mass is 379 g/mol. The quantitative estimate of drug-likeness (QED) is 0.767. The van der Waals surface area contributed by atoms with E-state index < -0.39 is 29.2 Å². The van der Waals surface area contributed by atoms with Crippen LogP contribution in [0.15, 0.2) is 39.9 Å². The molecular weight excluding hydrogens is 362 g/mol. The van der Waals surface area contributed by atoms with Crippen molar-refractivity contribution in [2.45, 2.75) is 19.6 Å². The van der Waals surface area contributed by atoms with Gasteiger partial charge in [-0.25, -0.2) is 9.59 Å². The van der Waals surface area contributed by atoms with Crippen LogP contribution in [-0.2, 0) is 30.2 Å². The van der Waals surface area contributed by atoms with E-state index in [0.29, 0.717) is 0 Å². The van der Waals surface area contributed by atoms with Crippen LogP contribution in [0.4, 0.5) is 0 Å². The van der Waals surface area contributed by atoms with Crippen molar-refractivity contribution in [1.82, 2.24) is 14.5 Å². The van der Waals surface area contributed by atoms with E-state index in [1.54, 1.807) is 18.2 Å². The molecule has 0 spiro atoms. The molecule has 0 fully saturated rings. The number of halogens is 1. The standard InChI is InChI=1S/C17H18ClN3O5/c1-10(19-15(23)12-6-4-5-7-13(12)18)16(24)26-9-11-8-14(22)21(3)17(25)20(11)2/h4-8,10H,9H2,1-3H3,(H,19,23)/t10-/m0/s1. The van der Waals surface area contributed by atoms with E-state index in [0.717, 1.165) is 4.57 Å². The molecule has 2 rings (SSSR count). The van der Waals surface area contributed by atoms with Gasteiger partial charge in [0.15, 0.2) is 0 Å². The Morgan fingerprint density at radius 1 is 1.19 bits per heavy atom. The van der Waals surface area contributed by atoms with Crippen LogP contribution in [0.25, 0.3) is 0 Å². The highest BCUT2D eigenvalue weighted by atomic mass is 35.5. The topological polar surface area (TPSA) is 99.4 Å². The van der Waals surface area contributed by atoms with E-state index in [1.165, 1.54) is 37.7 Å². The van der Waals surface area contributed by atoms with Crippen LogP contribution in [0.2, 0.25) is 5.02 Å². The van der Waals surface area contributed by atoms with Gasteiger partial charge in [-0.1, -0.05) is 23.7 Å². The molecule has 0 bridgehead atoms. The Morgan fingerprint density at radius 2 is 1.85 bits per heavy atom. The van der Waals surface area contributed by atoms with Gasteiger partial charge in [0.2, 0.25) is 0 Å². The van der Waals surface area contributed by atoms with Gasteiger partial charge in [0.05, 0.1) is 16.3 Å². The van der Waals surface area contributed by atoms with Crippen LogP contribution in [0, 0.1) is 0 Å². The molecule has 0 aliphatic rings. The van der Waals surface area contributed by atoms with Crippen LogP contribution >= 0.6 is 11.6 Å². The summed E-state index contributed by atoms with van der Waals surface area (Å²) in [6, 6.07) is 6.70. The van der Waals surface area contributed by atoms with Crippen LogP contribution < -0.4 is 16.6 Å². The minimum Gasteiger partial charge on any atom is -0.458 e. The van der Waals surface area contributed by atoms with E-state index in [1.807, 2.05) is 0 Å². The van der Waals surface area contributed by atoms with E-state index in [-0.39, 0.29) is 22.9 Å². The highest BCUT2D eigenvalue weighted by molar-refractivity contribution is 6.33. The summed E-state index contributed by atoms with van der Waals surface area (Å²) >= 11 is 5.94. The van der Waals surface area contributed by atoms with Crippen LogP contribution in [0.5, 0.6) is 0 Å². The number of nitrogens with one attached hydrogen (secondary N) is 1. The van der Waals surface area contributed by atoms with Gasteiger partial charge in [-0.3, -0.25) is 18.7 Å². The number of hydrogen-bond acceptors (Lipinski definition) is 5. The number of carbonyl (C=O) groups is 2. The summed E-state index contributed by atoms with van der Waals surface area (Å²) < 4.78 is 7.25. The maximum Gasteiger partial charge on any atom is 0.330 e. The van der Waals surface area contributed by atoms with Crippen LogP contribution in [0.3, 0.4) is 0 Å². The summed E-state index contributed by atoms with van der Waals surface area (Å²) in [7, 11) is 2.82. The SMILES string of the molecule is C[C@H](NC(=O)c1ccccc1Cl)C(=O)OCc1cc(=O)n(C)c(=O)n1C. The second-order valence-electron chi connectivity index (χ2n) is 5.66. The molecule has 1 aromatic heterocycles. The molecule has 9 heteroatoms. The Bertz CT molecular complexity index is 964. The number of benzene rings is 1. The minimum absolute atomic E-state index is 0.239. The first-order valence-corrected chi connectivity index (χ1v) is 8.08. The largest absolute Gasteiger partial charge is 0.458 e. The van der Waals surface area contributed by atoms with Gasteiger partial charge in [-0.15, -0.1) is 0 Å². The van der Waals surface area contributed by atoms with Crippen molar-refractivity contribution in [2.24, 2.45) is 14.1 Å². The van der Waals surface area contributed by atoms with Crippen molar-refractivity contribution in [3.05, 3.63) is 67.4 Å². The third-order valence-corrected chi connectivity index (χ3v) is 4.14. The molecule has 1 atom stereocenters. The predicted octanol–water partition coefficient (Wildman–Crippen LogP) is 0.599. The smallest absolute Gasteiger partial charge is 0.330 e. The number of carbonyl (C=O) groups excluding carboxylic acids is 2. The number of aromatic nitrogens is 2. The van der Waals surface area contributed by atoms with E-state index in [2.05, 4.69) is 5.32 Å². The first-order valence-electron chi connectivity index (χ1n) is 7.70. The van der Waals surface area contributed by atoms with Crippen molar-refractivity contribution < 1.29 is 14.3 Å². The first kappa shape index (κ1) is 19.5. The molecular formula is C17H18ClN3O5. The molecule has 0 saturated carbocycles. The van der Waals surface area contributed by atoms with Crippen LogP contribution in [0.1, 0.15) is 23.0 Å². The molecule has 0 aliphatic carbocycles. The normalized spacial score (nSPS) is 11.7. The number of hydrogen-bond donors (Lipinski definition) is 1. The van der Waals surface area contributed by atoms with Gasteiger partial charge in [0, 0.05) is 20.2 Å². The second-order valence-corrected chi connectivity index (χ2v) is 6.06. The Morgan fingerprint density at radius 3 is 2.50 bits per heavy atom. The van der Waals surface area contributed by atoms with E-state index >= 15 is 0 Å². The molecule has 8 nitrogen and oxygen atoms in total. The Kier molecular flexibility index (Phi) is 5.99. The highest BCUT2D eigenvalue weighted by Crippen LogP contribution is 2.14. The lowest BCUT2D eigenvalue weighted by Crippen LogP contribution is -2.40. The Labute approximate surface area is 154 Å². The van der Waals surface area contributed by atoms with Crippen LogP contribution in [-0.4, -0.2) is 27.1 Å². The van der Waals surface area contributed by atoms with Crippen molar-refractivity contribution in [3.8, 4) is 0 Å². The lowest BCUT2D eigenvalue weighted by Gasteiger charge is -2.15. The molecule has 1 amide bonds. The lowest BCUT2D eigenvalue weighted by molar-refractivity contribution is -0.147. The summed E-state index contributed by atoms with van der Waals surface area (Å²) in [5, 5.41) is 2.75. The number of ether oxygens (including phenoxy) is 1. The zero-order valence-electron chi connectivity index (χ0n) is 14.5. The fourth-order valence-corrected chi connectivity index (χ4v) is 2.39. The summed E-state index contributed by atoms with van der Waals surface area (Å²) in [5.74, 6) is -1.22. The average Bonchev–Trinajstić information content (AvgIpc) is 2.61. The van der Waals surface area contributed by atoms with Crippen molar-refractivity contribution in [1.29, 1.82) is 0 Å². The third kappa shape index (κ3) is 4.20. The summed E-state index contributed by atoms with van der Waals surface area (Å²) in [6.07, 6.45) is 0. The Hall–Kier alpha value is -2.87. The van der Waals surface area contributed by atoms with Crippen molar-refractivity contribution >= 4 is 23.5 Å². The number of amides is 1. The minimum atomic E-state index is -0.942. The van der Waals surface area contributed by atoms with Gasteiger partial charge in [0.1, 0.15) is 12.6 Å². The molecule has 0 unspecified atom stereocenters. The van der Waals surface area contributed by atoms with Gasteiger partial charge < -0.3 is 10.1 Å². The molecule has 0 aliphatic heterocycles. The summed E-state index contributed by atoms with van der Waals surface area (Å²) in [4.78, 5) is 47.7. The number of nitrogens with zero attached hydrogens (tertiary/aromatic N) is 2. The molecule has 138 valence electrons. The molecule has 1 heterocycles. The fourth-order valence-electron chi connectivity index (χ4n) is 2.17. The third-order valence-electron chi connectivity index (χ3n) is 3.81. The van der Waals surface area contributed by atoms with Crippen molar-refractivity contribution in [3.63, 3.8) is 0 Å². The Balaban J connectivity index is 2.02. The maximum atomic E-state index is 12.1. The van der Waals surface area contributed by atoms with Gasteiger partial charge in [0.25, 0.3) is 11.5 Å². The fraction of sp³-hybridized carbons (Fsp3) is 0.294. The van der Waals surface area contributed by atoms with Gasteiger partial charge in [-0.05, 0) is 19.1 Å². The van der Waals surface area contributed by atoms with Gasteiger partial charge >= 0.3 is 11.7 Å². The number of rotatable bonds is 5. The molecule has 0 radical (unpaired) electrons. The lowest BCUT2D eigenvalue weighted by atomic mass is 10.2. The second kappa shape index (κ2) is 8.01.